The number of hydrogen-bond acceptors (Lipinski definition) is 5. The van der Waals surface area contributed by atoms with E-state index < -0.39 is 17.4 Å². The number of thiophene rings is 1. The Balaban J connectivity index is 1.43. The topological polar surface area (TPSA) is 98.7 Å². The average molecular weight is 498 g/mol. The van der Waals surface area contributed by atoms with Crippen LogP contribution in [0.25, 0.3) is 11.1 Å². The lowest BCUT2D eigenvalue weighted by Gasteiger charge is -2.47. The molecule has 1 aromatic heterocycles. The van der Waals surface area contributed by atoms with Gasteiger partial charge in [0, 0.05) is 24.2 Å². The molecule has 4 rings (SSSR count). The molecule has 2 aliphatic rings. The van der Waals surface area contributed by atoms with E-state index in [1.807, 2.05) is 41.8 Å². The Morgan fingerprint density at radius 1 is 1.11 bits per heavy atom. The van der Waals surface area contributed by atoms with Gasteiger partial charge in [0.2, 0.25) is 5.91 Å². The molecule has 1 aliphatic carbocycles. The summed E-state index contributed by atoms with van der Waals surface area (Å²) >= 11 is 1.35. The first kappa shape index (κ1) is 25.4. The minimum absolute atomic E-state index is 0.0817. The summed E-state index contributed by atoms with van der Waals surface area (Å²) in [6.45, 7) is 8.43. The van der Waals surface area contributed by atoms with Gasteiger partial charge >= 0.3 is 5.97 Å². The molecule has 0 bridgehead atoms. The number of nitrogens with one attached hydrogen (secondary N) is 2. The van der Waals surface area contributed by atoms with Crippen LogP contribution in [0.15, 0.2) is 41.8 Å². The first-order chi connectivity index (χ1) is 16.5. The minimum Gasteiger partial charge on any atom is -0.481 e. The molecule has 7 nitrogen and oxygen atoms in total. The lowest BCUT2D eigenvalue weighted by molar-refractivity contribution is -0.158. The van der Waals surface area contributed by atoms with Crippen LogP contribution in [-0.4, -0.2) is 58.0 Å². The van der Waals surface area contributed by atoms with E-state index in [-0.39, 0.29) is 29.4 Å². The monoisotopic (exact) mass is 497 g/mol. The lowest BCUT2D eigenvalue weighted by Crippen LogP contribution is -2.59. The maximum Gasteiger partial charge on any atom is 0.311 e. The standard InChI is InChI=1S/C27H35N3O4S/c1-26(2,3)29-19-10-11-22(27(4,15-19)25(33)34)30-13-12-20(24(30)32)28-23(31)21-14-18(16-35-21)17-8-6-5-7-9-17/h5-9,14,16,19-20,22,29H,10-13,15H2,1-4H3,(H,28,31)(H,33,34)/t19?,20-,22?,27?/m0/s1. The van der Waals surface area contributed by atoms with Crippen LogP contribution in [0, 0.1) is 5.41 Å². The molecule has 4 atom stereocenters. The summed E-state index contributed by atoms with van der Waals surface area (Å²) in [4.78, 5) is 40.9. The molecule has 1 saturated carbocycles. The summed E-state index contributed by atoms with van der Waals surface area (Å²) in [5, 5.41) is 18.5. The molecule has 1 saturated heterocycles. The van der Waals surface area contributed by atoms with Crippen LogP contribution in [0.1, 0.15) is 63.0 Å². The lowest BCUT2D eigenvalue weighted by atomic mass is 9.68. The highest BCUT2D eigenvalue weighted by Gasteiger charge is 2.52. The van der Waals surface area contributed by atoms with Gasteiger partial charge in [0.15, 0.2) is 0 Å². The van der Waals surface area contributed by atoms with Crippen molar-refractivity contribution in [1.82, 2.24) is 15.5 Å². The van der Waals surface area contributed by atoms with Gasteiger partial charge in [-0.25, -0.2) is 0 Å². The Morgan fingerprint density at radius 2 is 1.83 bits per heavy atom. The van der Waals surface area contributed by atoms with Gasteiger partial charge in [-0.2, -0.15) is 0 Å². The van der Waals surface area contributed by atoms with E-state index in [9.17, 15) is 19.5 Å². The first-order valence-corrected chi connectivity index (χ1v) is 13.1. The fourth-order valence-electron chi connectivity index (χ4n) is 5.50. The van der Waals surface area contributed by atoms with Gasteiger partial charge in [0.25, 0.3) is 5.91 Å². The highest BCUT2D eigenvalue weighted by molar-refractivity contribution is 7.12. The van der Waals surface area contributed by atoms with Gasteiger partial charge in [0.1, 0.15) is 6.04 Å². The van der Waals surface area contributed by atoms with Crippen molar-refractivity contribution in [3.63, 3.8) is 0 Å². The number of carbonyl (C=O) groups is 3. The van der Waals surface area contributed by atoms with Crippen molar-refractivity contribution in [1.29, 1.82) is 0 Å². The zero-order valence-electron chi connectivity index (χ0n) is 20.8. The molecule has 2 amide bonds. The summed E-state index contributed by atoms with van der Waals surface area (Å²) in [5.41, 5.74) is 0.847. The fraction of sp³-hybridized carbons (Fsp3) is 0.519. The number of rotatable bonds is 6. The van der Waals surface area contributed by atoms with Crippen molar-refractivity contribution >= 4 is 29.1 Å². The van der Waals surface area contributed by atoms with Crippen LogP contribution in [0.4, 0.5) is 0 Å². The van der Waals surface area contributed by atoms with Gasteiger partial charge in [-0.15, -0.1) is 11.3 Å². The van der Waals surface area contributed by atoms with Crippen molar-refractivity contribution in [2.24, 2.45) is 5.41 Å². The Morgan fingerprint density at radius 3 is 2.49 bits per heavy atom. The quantitative estimate of drug-likeness (QED) is 0.557. The molecule has 2 heterocycles. The zero-order chi connectivity index (χ0) is 25.4. The molecule has 2 fully saturated rings. The largest absolute Gasteiger partial charge is 0.481 e. The fourth-order valence-corrected chi connectivity index (χ4v) is 6.32. The van der Waals surface area contributed by atoms with Crippen molar-refractivity contribution in [3.8, 4) is 11.1 Å². The summed E-state index contributed by atoms with van der Waals surface area (Å²) in [6, 6.07) is 10.7. The van der Waals surface area contributed by atoms with E-state index in [1.54, 1.807) is 11.8 Å². The summed E-state index contributed by atoms with van der Waals surface area (Å²) in [6.07, 6.45) is 2.37. The van der Waals surface area contributed by atoms with E-state index in [4.69, 9.17) is 0 Å². The van der Waals surface area contributed by atoms with Crippen LogP contribution in [0.3, 0.4) is 0 Å². The SMILES string of the molecule is CC(C)(C)NC1CCC(N2CC[C@H](NC(=O)c3cc(-c4ccccc4)cs3)C2=O)C(C)(C(=O)O)C1. The third-order valence-corrected chi connectivity index (χ3v) is 8.10. The Labute approximate surface area is 210 Å². The third kappa shape index (κ3) is 5.43. The minimum atomic E-state index is -1.05. The molecule has 1 aliphatic heterocycles. The Kier molecular flexibility index (Phi) is 7.06. The van der Waals surface area contributed by atoms with Gasteiger partial charge in [-0.05, 0) is 76.0 Å². The third-order valence-electron chi connectivity index (χ3n) is 7.17. The maximum absolute atomic E-state index is 13.3. The molecule has 0 spiro atoms. The summed E-state index contributed by atoms with van der Waals surface area (Å²) in [5.74, 6) is -1.33. The second-order valence-corrected chi connectivity index (χ2v) is 11.9. The van der Waals surface area contributed by atoms with Gasteiger partial charge in [-0.1, -0.05) is 30.3 Å². The van der Waals surface area contributed by atoms with Gasteiger partial charge in [0.05, 0.1) is 10.3 Å². The number of nitrogens with zero attached hydrogens (tertiary/aromatic N) is 1. The van der Waals surface area contributed by atoms with E-state index >= 15 is 0 Å². The van der Waals surface area contributed by atoms with E-state index in [0.29, 0.717) is 30.7 Å². The number of carboxylic acids is 1. The molecule has 188 valence electrons. The number of likely N-dealkylation sites (tertiary alicyclic amines) is 1. The maximum atomic E-state index is 13.3. The molecule has 2 aromatic rings. The van der Waals surface area contributed by atoms with Crippen molar-refractivity contribution < 1.29 is 19.5 Å². The van der Waals surface area contributed by atoms with Crippen LogP contribution >= 0.6 is 11.3 Å². The van der Waals surface area contributed by atoms with E-state index in [1.165, 1.54) is 11.3 Å². The number of hydrogen-bond donors (Lipinski definition) is 3. The van der Waals surface area contributed by atoms with Crippen molar-refractivity contribution in [3.05, 3.63) is 46.7 Å². The second-order valence-electron chi connectivity index (χ2n) is 11.0. The molecule has 1 aromatic carbocycles. The predicted molar refractivity (Wildman–Crippen MR) is 137 cm³/mol. The van der Waals surface area contributed by atoms with Gasteiger partial charge < -0.3 is 20.6 Å². The average Bonchev–Trinajstić information content (AvgIpc) is 3.41. The molecule has 0 radical (unpaired) electrons. The predicted octanol–water partition coefficient (Wildman–Crippen LogP) is 4.15. The molecular formula is C27H35N3O4S. The number of carbonyl (C=O) groups excluding carboxylic acids is 2. The first-order valence-electron chi connectivity index (χ1n) is 12.2. The smallest absolute Gasteiger partial charge is 0.311 e. The van der Waals surface area contributed by atoms with Crippen LogP contribution in [-0.2, 0) is 9.59 Å². The Hall–Kier alpha value is -2.71. The molecule has 8 heteroatoms. The second kappa shape index (κ2) is 9.74. The summed E-state index contributed by atoms with van der Waals surface area (Å²) in [7, 11) is 0. The number of carboxylic acid groups (broad SMARTS) is 1. The van der Waals surface area contributed by atoms with E-state index in [2.05, 4.69) is 31.4 Å². The normalized spacial score (nSPS) is 27.1. The highest BCUT2D eigenvalue weighted by Crippen LogP contribution is 2.41. The Bertz CT molecular complexity index is 1090. The zero-order valence-corrected chi connectivity index (χ0v) is 21.7. The van der Waals surface area contributed by atoms with E-state index in [0.717, 1.165) is 17.5 Å². The molecular weight excluding hydrogens is 462 g/mol. The number of benzene rings is 1. The van der Waals surface area contributed by atoms with Crippen LogP contribution in [0.2, 0.25) is 0 Å². The number of aliphatic carboxylic acids is 1. The van der Waals surface area contributed by atoms with Crippen molar-refractivity contribution in [2.75, 3.05) is 6.54 Å². The van der Waals surface area contributed by atoms with Crippen molar-refractivity contribution in [2.45, 2.75) is 77.0 Å². The summed E-state index contributed by atoms with van der Waals surface area (Å²) < 4.78 is 0. The molecule has 3 N–H and O–H groups in total. The highest BCUT2D eigenvalue weighted by atomic mass is 32.1. The van der Waals surface area contributed by atoms with Crippen LogP contribution < -0.4 is 10.6 Å². The number of amides is 2. The van der Waals surface area contributed by atoms with Gasteiger partial charge in [-0.3, -0.25) is 14.4 Å². The molecule has 35 heavy (non-hydrogen) atoms. The molecule has 3 unspecified atom stereocenters. The van der Waals surface area contributed by atoms with Crippen LogP contribution in [0.5, 0.6) is 0 Å².